The lowest BCUT2D eigenvalue weighted by Gasteiger charge is -2.12. The van der Waals surface area contributed by atoms with Crippen LogP contribution >= 0.6 is 0 Å². The number of rotatable bonds is 4. The Bertz CT molecular complexity index is 453. The summed E-state index contributed by atoms with van der Waals surface area (Å²) in [7, 11) is 0. The second-order valence-electron chi connectivity index (χ2n) is 4.64. The van der Waals surface area contributed by atoms with E-state index in [-0.39, 0.29) is 17.5 Å². The third-order valence-electron chi connectivity index (χ3n) is 3.26. The molecule has 0 heterocycles. The number of non-ortho nitro benzene ring substituents is 1. The van der Waals surface area contributed by atoms with Gasteiger partial charge in [-0.2, -0.15) is 0 Å². The topological polar surface area (TPSA) is 75.4 Å². The van der Waals surface area contributed by atoms with E-state index in [0.717, 1.165) is 25.3 Å². The number of anilines is 1. The van der Waals surface area contributed by atoms with Crippen LogP contribution in [0.25, 0.3) is 0 Å². The molecule has 0 radical (unpaired) electrons. The van der Waals surface area contributed by atoms with Crippen LogP contribution in [0.2, 0.25) is 0 Å². The molecule has 0 spiro atoms. The monoisotopic (exact) mass is 254 g/mol. The lowest BCUT2D eigenvalue weighted by molar-refractivity contribution is -0.385. The van der Waals surface area contributed by atoms with Crippen LogP contribution < -0.4 is 5.32 Å². The summed E-state index contributed by atoms with van der Waals surface area (Å²) in [6.45, 7) is 0.575. The van der Waals surface area contributed by atoms with Crippen LogP contribution in [-0.4, -0.2) is 22.7 Å². The predicted molar refractivity (Wildman–Crippen MR) is 64.9 cm³/mol. The first kappa shape index (κ1) is 12.8. The number of halogens is 1. The highest BCUT2D eigenvalue weighted by Crippen LogP contribution is 2.27. The third-order valence-corrected chi connectivity index (χ3v) is 3.26. The van der Waals surface area contributed by atoms with Gasteiger partial charge in [-0.15, -0.1) is 0 Å². The summed E-state index contributed by atoms with van der Waals surface area (Å²) in [6.07, 6.45) is 2.18. The average Bonchev–Trinajstić information content (AvgIpc) is 2.73. The molecule has 0 amide bonds. The van der Waals surface area contributed by atoms with Crippen molar-refractivity contribution >= 4 is 11.4 Å². The van der Waals surface area contributed by atoms with Gasteiger partial charge in [0.25, 0.3) is 5.69 Å². The molecular weight excluding hydrogens is 239 g/mol. The minimum Gasteiger partial charge on any atom is -0.393 e. The minimum atomic E-state index is -0.625. The van der Waals surface area contributed by atoms with Crippen molar-refractivity contribution in [3.8, 4) is 0 Å². The fourth-order valence-electron chi connectivity index (χ4n) is 2.25. The van der Waals surface area contributed by atoms with Crippen LogP contribution in [0, 0.1) is 21.8 Å². The maximum absolute atomic E-state index is 13.5. The maximum atomic E-state index is 13.5. The Balaban J connectivity index is 1.95. The molecule has 1 saturated carbocycles. The second kappa shape index (κ2) is 5.30. The highest BCUT2D eigenvalue weighted by Gasteiger charge is 2.22. The van der Waals surface area contributed by atoms with Crippen molar-refractivity contribution in [1.82, 2.24) is 0 Å². The molecule has 98 valence electrons. The zero-order chi connectivity index (χ0) is 13.1. The van der Waals surface area contributed by atoms with Crippen molar-refractivity contribution in [2.45, 2.75) is 25.4 Å². The van der Waals surface area contributed by atoms with Crippen molar-refractivity contribution in [3.63, 3.8) is 0 Å². The second-order valence-corrected chi connectivity index (χ2v) is 4.64. The lowest BCUT2D eigenvalue weighted by Crippen LogP contribution is -2.13. The van der Waals surface area contributed by atoms with E-state index in [9.17, 15) is 19.6 Å². The Morgan fingerprint density at radius 2 is 2.28 bits per heavy atom. The van der Waals surface area contributed by atoms with E-state index >= 15 is 0 Å². The van der Waals surface area contributed by atoms with Gasteiger partial charge >= 0.3 is 0 Å². The standard InChI is InChI=1S/C12H15FN2O3/c13-11-6-9(15(17)18)2-4-12(11)14-7-8-1-3-10(16)5-8/h2,4,6,8,10,14,16H,1,3,5,7H2. The lowest BCUT2D eigenvalue weighted by atomic mass is 10.1. The number of nitro groups is 1. The Morgan fingerprint density at radius 1 is 1.50 bits per heavy atom. The normalized spacial score (nSPS) is 23.0. The van der Waals surface area contributed by atoms with Gasteiger partial charge in [-0.1, -0.05) is 0 Å². The van der Waals surface area contributed by atoms with Gasteiger partial charge in [0.2, 0.25) is 0 Å². The van der Waals surface area contributed by atoms with E-state index in [2.05, 4.69) is 5.32 Å². The molecule has 1 aliphatic carbocycles. The maximum Gasteiger partial charge on any atom is 0.272 e. The summed E-state index contributed by atoms with van der Waals surface area (Å²) in [5.74, 6) is -0.294. The first-order valence-corrected chi connectivity index (χ1v) is 5.92. The molecule has 1 aliphatic rings. The van der Waals surface area contributed by atoms with E-state index in [1.807, 2.05) is 0 Å². The molecule has 0 aliphatic heterocycles. The fraction of sp³-hybridized carbons (Fsp3) is 0.500. The summed E-state index contributed by atoms with van der Waals surface area (Å²) in [5.41, 5.74) is 0.0105. The quantitative estimate of drug-likeness (QED) is 0.638. The van der Waals surface area contributed by atoms with E-state index < -0.39 is 10.7 Å². The number of nitrogens with one attached hydrogen (secondary N) is 1. The molecule has 2 rings (SSSR count). The van der Waals surface area contributed by atoms with Gasteiger partial charge in [-0.3, -0.25) is 10.1 Å². The van der Waals surface area contributed by atoms with E-state index in [4.69, 9.17) is 0 Å². The van der Waals surface area contributed by atoms with Crippen molar-refractivity contribution in [2.24, 2.45) is 5.92 Å². The first-order valence-electron chi connectivity index (χ1n) is 5.92. The number of aliphatic hydroxyl groups excluding tert-OH is 1. The van der Waals surface area contributed by atoms with Crippen molar-refractivity contribution in [3.05, 3.63) is 34.1 Å². The van der Waals surface area contributed by atoms with Crippen LogP contribution in [0.5, 0.6) is 0 Å². The summed E-state index contributed by atoms with van der Waals surface area (Å²) >= 11 is 0. The molecule has 1 aromatic rings. The SMILES string of the molecule is O=[N+]([O-])c1ccc(NCC2CCC(O)C2)c(F)c1. The number of aliphatic hydroxyl groups is 1. The largest absolute Gasteiger partial charge is 0.393 e. The molecule has 0 aromatic heterocycles. The van der Waals surface area contributed by atoms with Gasteiger partial charge in [0.15, 0.2) is 5.82 Å². The van der Waals surface area contributed by atoms with E-state index in [0.29, 0.717) is 12.5 Å². The highest BCUT2D eigenvalue weighted by atomic mass is 19.1. The van der Waals surface area contributed by atoms with Crippen LogP contribution in [0.1, 0.15) is 19.3 Å². The summed E-state index contributed by atoms with van der Waals surface area (Å²) in [4.78, 5) is 9.83. The van der Waals surface area contributed by atoms with Crippen molar-refractivity contribution < 1.29 is 14.4 Å². The first-order chi connectivity index (χ1) is 8.56. The van der Waals surface area contributed by atoms with Gasteiger partial charge in [-0.05, 0) is 31.2 Å². The molecule has 0 saturated heterocycles. The van der Waals surface area contributed by atoms with Gasteiger partial charge in [0, 0.05) is 12.6 Å². The van der Waals surface area contributed by atoms with Gasteiger partial charge < -0.3 is 10.4 Å². The fourth-order valence-corrected chi connectivity index (χ4v) is 2.25. The van der Waals surface area contributed by atoms with E-state index in [1.54, 1.807) is 0 Å². The summed E-state index contributed by atoms with van der Waals surface area (Å²) in [5, 5.41) is 22.8. The smallest absolute Gasteiger partial charge is 0.272 e. The van der Waals surface area contributed by atoms with Gasteiger partial charge in [0.05, 0.1) is 22.8 Å². The van der Waals surface area contributed by atoms with Crippen molar-refractivity contribution in [2.75, 3.05) is 11.9 Å². The molecule has 1 fully saturated rings. The number of benzene rings is 1. The minimum absolute atomic E-state index is 0.251. The zero-order valence-corrected chi connectivity index (χ0v) is 9.80. The van der Waals surface area contributed by atoms with Crippen LogP contribution in [0.15, 0.2) is 18.2 Å². The molecule has 1 aromatic carbocycles. The molecule has 18 heavy (non-hydrogen) atoms. The summed E-state index contributed by atoms with van der Waals surface area (Å²) in [6, 6.07) is 3.56. The molecule has 2 atom stereocenters. The van der Waals surface area contributed by atoms with Gasteiger partial charge in [0.1, 0.15) is 0 Å². The van der Waals surface area contributed by atoms with E-state index in [1.165, 1.54) is 12.1 Å². The third kappa shape index (κ3) is 2.95. The van der Waals surface area contributed by atoms with Crippen LogP contribution in [0.3, 0.4) is 0 Å². The summed E-state index contributed by atoms with van der Waals surface area (Å²) < 4.78 is 13.5. The van der Waals surface area contributed by atoms with Crippen molar-refractivity contribution in [1.29, 1.82) is 0 Å². The number of hydrogen-bond donors (Lipinski definition) is 2. The Hall–Kier alpha value is -1.69. The van der Waals surface area contributed by atoms with Crippen LogP contribution in [0.4, 0.5) is 15.8 Å². The molecule has 2 unspecified atom stereocenters. The Kier molecular flexibility index (Phi) is 3.76. The number of hydrogen-bond acceptors (Lipinski definition) is 4. The highest BCUT2D eigenvalue weighted by molar-refractivity contribution is 5.50. The number of nitro benzene ring substituents is 1. The number of nitrogens with zero attached hydrogens (tertiary/aromatic N) is 1. The molecule has 5 nitrogen and oxygen atoms in total. The Labute approximate surface area is 104 Å². The molecule has 6 heteroatoms. The van der Waals surface area contributed by atoms with Gasteiger partial charge in [-0.25, -0.2) is 4.39 Å². The molecule has 0 bridgehead atoms. The predicted octanol–water partition coefficient (Wildman–Crippen LogP) is 2.31. The average molecular weight is 254 g/mol. The van der Waals surface area contributed by atoms with Crippen LogP contribution in [-0.2, 0) is 0 Å². The Morgan fingerprint density at radius 3 is 2.83 bits per heavy atom. The zero-order valence-electron chi connectivity index (χ0n) is 9.80. The molecule has 2 N–H and O–H groups in total. The molecular formula is C12H15FN2O3.